The Labute approximate surface area is 169 Å². The molecule has 29 heavy (non-hydrogen) atoms. The predicted molar refractivity (Wildman–Crippen MR) is 106 cm³/mol. The van der Waals surface area contributed by atoms with Crippen LogP contribution in [0.1, 0.15) is 34.3 Å². The van der Waals surface area contributed by atoms with Gasteiger partial charge >= 0.3 is 0 Å². The van der Waals surface area contributed by atoms with Crippen LogP contribution in [0, 0.1) is 0 Å². The molecule has 0 saturated carbocycles. The fourth-order valence-corrected chi connectivity index (χ4v) is 4.34. The van der Waals surface area contributed by atoms with E-state index in [0.717, 1.165) is 22.4 Å². The van der Waals surface area contributed by atoms with Crippen molar-refractivity contribution >= 4 is 5.78 Å². The van der Waals surface area contributed by atoms with Crippen molar-refractivity contribution < 1.29 is 28.5 Å². The van der Waals surface area contributed by atoms with Crippen LogP contribution in [-0.2, 0) is 6.42 Å². The SMILES string of the molecule is C=C(C)[C@H]1Cc2c(ccc3c2O[C@H]2COc4cc(OC)c(OC)cc4[C@H]2C3=O)O1. The molecule has 2 aromatic rings. The van der Waals surface area contributed by atoms with Crippen LogP contribution < -0.4 is 23.7 Å². The number of ketones is 1. The molecule has 0 saturated heterocycles. The van der Waals surface area contributed by atoms with Crippen LogP contribution in [0.5, 0.6) is 28.7 Å². The van der Waals surface area contributed by atoms with Crippen molar-refractivity contribution in [1.82, 2.24) is 0 Å². The minimum Gasteiger partial charge on any atom is -0.493 e. The maximum Gasteiger partial charge on any atom is 0.178 e. The van der Waals surface area contributed by atoms with Crippen LogP contribution in [0.3, 0.4) is 0 Å². The third-order valence-electron chi connectivity index (χ3n) is 5.87. The second kappa shape index (κ2) is 6.44. The van der Waals surface area contributed by atoms with Gasteiger partial charge in [0.1, 0.15) is 36.1 Å². The summed E-state index contributed by atoms with van der Waals surface area (Å²) in [7, 11) is 3.14. The summed E-state index contributed by atoms with van der Waals surface area (Å²) < 4.78 is 29.0. The minimum atomic E-state index is -0.455. The standard InChI is InChI=1S/C23H22O6/c1-11(2)16-8-14-15(28-16)6-5-12-22(24)21-13-7-18(25-3)19(26-4)9-17(13)27-10-20(21)29-23(12)14/h5-7,9,16,20-21H,1,8,10H2,2-4H3/t16-,20+,21-/m1/s1. The molecule has 3 heterocycles. The molecule has 0 aliphatic carbocycles. The Balaban J connectivity index is 1.58. The van der Waals surface area contributed by atoms with Crippen molar-refractivity contribution in [2.75, 3.05) is 20.8 Å². The number of fused-ring (bicyclic) bond motifs is 6. The zero-order valence-electron chi connectivity index (χ0n) is 16.6. The fourth-order valence-electron chi connectivity index (χ4n) is 4.34. The van der Waals surface area contributed by atoms with Crippen LogP contribution in [0.4, 0.5) is 0 Å². The second-order valence-electron chi connectivity index (χ2n) is 7.63. The molecule has 0 spiro atoms. The van der Waals surface area contributed by atoms with Crippen molar-refractivity contribution in [3.05, 3.63) is 53.1 Å². The lowest BCUT2D eigenvalue weighted by Gasteiger charge is -2.37. The molecule has 3 atom stereocenters. The summed E-state index contributed by atoms with van der Waals surface area (Å²) in [4.78, 5) is 13.5. The van der Waals surface area contributed by atoms with Crippen LogP contribution in [0.25, 0.3) is 0 Å². The van der Waals surface area contributed by atoms with Gasteiger partial charge in [-0.3, -0.25) is 4.79 Å². The summed E-state index contributed by atoms with van der Waals surface area (Å²) in [5, 5.41) is 0. The summed E-state index contributed by atoms with van der Waals surface area (Å²) in [6.45, 7) is 6.22. The average molecular weight is 394 g/mol. The monoisotopic (exact) mass is 394 g/mol. The van der Waals surface area contributed by atoms with Gasteiger partial charge < -0.3 is 23.7 Å². The topological polar surface area (TPSA) is 63.2 Å². The number of Topliss-reactive ketones (excluding diaryl/α,β-unsaturated/α-hetero) is 1. The predicted octanol–water partition coefficient (Wildman–Crippen LogP) is 3.70. The second-order valence-corrected chi connectivity index (χ2v) is 7.63. The first-order valence-corrected chi connectivity index (χ1v) is 9.59. The Bertz CT molecular complexity index is 1040. The lowest BCUT2D eigenvalue weighted by Crippen LogP contribution is -2.43. The molecule has 6 heteroatoms. The third-order valence-corrected chi connectivity index (χ3v) is 5.87. The quantitative estimate of drug-likeness (QED) is 0.740. The number of hydrogen-bond acceptors (Lipinski definition) is 6. The summed E-state index contributed by atoms with van der Waals surface area (Å²) in [6.07, 6.45) is 0.157. The van der Waals surface area contributed by atoms with E-state index in [-0.39, 0.29) is 18.5 Å². The van der Waals surface area contributed by atoms with Crippen LogP contribution in [-0.4, -0.2) is 38.8 Å². The van der Waals surface area contributed by atoms with Gasteiger partial charge in [0.25, 0.3) is 0 Å². The number of rotatable bonds is 3. The van der Waals surface area contributed by atoms with E-state index in [1.807, 2.05) is 19.1 Å². The lowest BCUT2D eigenvalue weighted by molar-refractivity contribution is 0.0554. The highest BCUT2D eigenvalue weighted by atomic mass is 16.5. The summed E-state index contributed by atoms with van der Waals surface area (Å²) in [5.41, 5.74) is 3.22. The first-order valence-electron chi connectivity index (χ1n) is 9.59. The van der Waals surface area contributed by atoms with E-state index in [1.165, 1.54) is 0 Å². The largest absolute Gasteiger partial charge is 0.493 e. The zero-order valence-corrected chi connectivity index (χ0v) is 16.6. The number of hydrogen-bond donors (Lipinski definition) is 0. The molecule has 0 fully saturated rings. The van der Waals surface area contributed by atoms with Crippen molar-refractivity contribution in [3.63, 3.8) is 0 Å². The molecule has 0 unspecified atom stereocenters. The Morgan fingerprint density at radius 2 is 1.86 bits per heavy atom. The van der Waals surface area contributed by atoms with E-state index in [0.29, 0.717) is 35.0 Å². The van der Waals surface area contributed by atoms with E-state index in [1.54, 1.807) is 26.4 Å². The molecular formula is C23H22O6. The van der Waals surface area contributed by atoms with Gasteiger partial charge in [0.2, 0.25) is 0 Å². The van der Waals surface area contributed by atoms with Gasteiger partial charge in [-0.2, -0.15) is 0 Å². The van der Waals surface area contributed by atoms with E-state index < -0.39 is 12.0 Å². The zero-order chi connectivity index (χ0) is 20.3. The van der Waals surface area contributed by atoms with Gasteiger partial charge in [-0.1, -0.05) is 6.58 Å². The smallest absolute Gasteiger partial charge is 0.178 e. The van der Waals surface area contributed by atoms with Gasteiger partial charge in [0.15, 0.2) is 17.3 Å². The lowest BCUT2D eigenvalue weighted by atomic mass is 9.81. The Morgan fingerprint density at radius 3 is 2.59 bits per heavy atom. The molecule has 0 radical (unpaired) electrons. The number of carbonyl (C=O) groups is 1. The molecule has 3 aliphatic heterocycles. The van der Waals surface area contributed by atoms with Crippen molar-refractivity contribution in [2.45, 2.75) is 31.5 Å². The maximum absolute atomic E-state index is 13.5. The molecule has 0 aromatic heterocycles. The summed E-state index contributed by atoms with van der Waals surface area (Å²) in [6, 6.07) is 7.23. The van der Waals surface area contributed by atoms with Crippen molar-refractivity contribution in [3.8, 4) is 28.7 Å². The van der Waals surface area contributed by atoms with Gasteiger partial charge in [-0.15, -0.1) is 0 Å². The molecule has 6 nitrogen and oxygen atoms in total. The molecule has 0 N–H and O–H groups in total. The summed E-state index contributed by atoms with van der Waals surface area (Å²) in [5.74, 6) is 2.68. The van der Waals surface area contributed by atoms with Crippen molar-refractivity contribution in [2.24, 2.45) is 0 Å². The van der Waals surface area contributed by atoms with Crippen LogP contribution >= 0.6 is 0 Å². The molecule has 0 amide bonds. The molecule has 2 aromatic carbocycles. The maximum atomic E-state index is 13.5. The van der Waals surface area contributed by atoms with E-state index in [2.05, 4.69) is 6.58 Å². The highest BCUT2D eigenvalue weighted by Gasteiger charge is 2.45. The van der Waals surface area contributed by atoms with E-state index >= 15 is 0 Å². The molecule has 0 bridgehead atoms. The Morgan fingerprint density at radius 1 is 1.10 bits per heavy atom. The van der Waals surface area contributed by atoms with E-state index in [9.17, 15) is 4.79 Å². The number of methoxy groups -OCH3 is 2. The first kappa shape index (κ1) is 17.9. The highest BCUT2D eigenvalue weighted by molar-refractivity contribution is 6.06. The van der Waals surface area contributed by atoms with Crippen molar-refractivity contribution in [1.29, 1.82) is 0 Å². The van der Waals surface area contributed by atoms with Gasteiger partial charge in [-0.25, -0.2) is 0 Å². The first-order chi connectivity index (χ1) is 14.0. The Hall–Kier alpha value is -3.15. The average Bonchev–Trinajstić information content (AvgIpc) is 3.17. The molecular weight excluding hydrogens is 372 g/mol. The van der Waals surface area contributed by atoms with E-state index in [4.69, 9.17) is 23.7 Å². The third kappa shape index (κ3) is 2.58. The molecule has 150 valence electrons. The van der Waals surface area contributed by atoms with Gasteiger partial charge in [-0.05, 0) is 30.7 Å². The minimum absolute atomic E-state index is 0.0228. The number of carbonyl (C=O) groups excluding carboxylic acids is 1. The Kier molecular flexibility index (Phi) is 3.98. The molecule has 5 rings (SSSR count). The number of ether oxygens (including phenoxy) is 5. The fraction of sp³-hybridized carbons (Fsp3) is 0.348. The molecule has 3 aliphatic rings. The normalized spacial score (nSPS) is 23.4. The van der Waals surface area contributed by atoms with Crippen LogP contribution in [0.15, 0.2) is 36.4 Å². The highest BCUT2D eigenvalue weighted by Crippen LogP contribution is 2.49. The van der Waals surface area contributed by atoms with Gasteiger partial charge in [0, 0.05) is 23.6 Å². The van der Waals surface area contributed by atoms with Crippen LogP contribution in [0.2, 0.25) is 0 Å². The van der Waals surface area contributed by atoms with Gasteiger partial charge in [0.05, 0.1) is 25.7 Å². The summed E-state index contributed by atoms with van der Waals surface area (Å²) >= 11 is 0. The number of benzene rings is 2.